The number of fused-ring (bicyclic) bond motifs is 1. The number of hydrogen-bond donors (Lipinski definition) is 0. The summed E-state index contributed by atoms with van der Waals surface area (Å²) in [4.78, 5) is 28.5. The molecule has 5 nitrogen and oxygen atoms in total. The molecule has 2 bridgehead atoms. The van der Waals surface area contributed by atoms with Gasteiger partial charge in [0.25, 0.3) is 0 Å². The first-order valence-electron chi connectivity index (χ1n) is 8.35. The molecule has 1 spiro atoms. The van der Waals surface area contributed by atoms with Gasteiger partial charge in [-0.05, 0) is 17.4 Å². The van der Waals surface area contributed by atoms with E-state index in [0.29, 0.717) is 19.7 Å². The largest absolute Gasteiger partial charge is 0.465 e. The summed E-state index contributed by atoms with van der Waals surface area (Å²) in [6.07, 6.45) is 3.56. The zero-order valence-electron chi connectivity index (χ0n) is 13.8. The number of ether oxygens (including phenoxy) is 2. The van der Waals surface area contributed by atoms with Gasteiger partial charge in [0.2, 0.25) is 5.91 Å². The summed E-state index contributed by atoms with van der Waals surface area (Å²) in [5, 5.41) is 2.00. The van der Waals surface area contributed by atoms with Crippen molar-refractivity contribution in [1.82, 2.24) is 4.90 Å². The number of hydrogen-bond acceptors (Lipinski definition) is 5. The highest BCUT2D eigenvalue weighted by molar-refractivity contribution is 7.09. The number of thiophene rings is 1. The SMILES string of the molecule is CC(C)COC(=O)[C@@H]1[C@H]2C(=O)N(Cc3cccs3)C[C@@]23C=C[C@H]1O3. The molecule has 2 saturated heterocycles. The Balaban J connectivity index is 1.54. The van der Waals surface area contributed by atoms with Crippen molar-refractivity contribution in [1.29, 1.82) is 0 Å². The second-order valence-electron chi connectivity index (χ2n) is 7.20. The zero-order valence-corrected chi connectivity index (χ0v) is 14.6. The number of amides is 1. The molecular weight excluding hydrogens is 326 g/mol. The first-order chi connectivity index (χ1) is 11.5. The number of carbonyl (C=O) groups is 2. The van der Waals surface area contributed by atoms with Gasteiger partial charge in [0, 0.05) is 4.88 Å². The molecule has 128 valence electrons. The molecule has 1 amide bonds. The highest BCUT2D eigenvalue weighted by atomic mass is 32.1. The molecule has 3 aliphatic rings. The Morgan fingerprint density at radius 3 is 3.08 bits per heavy atom. The summed E-state index contributed by atoms with van der Waals surface area (Å²) in [5.41, 5.74) is -0.652. The topological polar surface area (TPSA) is 55.8 Å². The van der Waals surface area contributed by atoms with Crippen LogP contribution in [0.4, 0.5) is 0 Å². The summed E-state index contributed by atoms with van der Waals surface area (Å²) in [5.74, 6) is -1.01. The van der Waals surface area contributed by atoms with Crippen molar-refractivity contribution in [2.45, 2.75) is 32.1 Å². The van der Waals surface area contributed by atoms with Crippen LogP contribution in [-0.4, -0.2) is 41.6 Å². The van der Waals surface area contributed by atoms with E-state index in [4.69, 9.17) is 9.47 Å². The van der Waals surface area contributed by atoms with E-state index >= 15 is 0 Å². The van der Waals surface area contributed by atoms with E-state index in [1.807, 2.05) is 48.4 Å². The normalized spacial score (nSPS) is 33.5. The molecule has 1 aromatic heterocycles. The van der Waals surface area contributed by atoms with Crippen LogP contribution < -0.4 is 0 Å². The smallest absolute Gasteiger partial charge is 0.312 e. The summed E-state index contributed by atoms with van der Waals surface area (Å²) in [6, 6.07) is 4.00. The molecule has 4 rings (SSSR count). The van der Waals surface area contributed by atoms with Crippen LogP contribution in [0.25, 0.3) is 0 Å². The lowest BCUT2D eigenvalue weighted by Crippen LogP contribution is -2.40. The zero-order chi connectivity index (χ0) is 16.9. The van der Waals surface area contributed by atoms with E-state index in [-0.39, 0.29) is 23.9 Å². The third-order valence-electron chi connectivity index (χ3n) is 4.94. The molecule has 0 aliphatic carbocycles. The molecule has 6 heteroatoms. The van der Waals surface area contributed by atoms with Gasteiger partial charge in [0.1, 0.15) is 11.5 Å². The summed E-state index contributed by atoms with van der Waals surface area (Å²) in [6.45, 7) is 5.45. The quantitative estimate of drug-likeness (QED) is 0.605. The first-order valence-corrected chi connectivity index (χ1v) is 9.23. The number of rotatable bonds is 5. The minimum atomic E-state index is -0.652. The lowest BCUT2D eigenvalue weighted by Gasteiger charge is -2.23. The van der Waals surface area contributed by atoms with Crippen LogP contribution >= 0.6 is 11.3 Å². The van der Waals surface area contributed by atoms with E-state index in [2.05, 4.69) is 0 Å². The predicted molar refractivity (Wildman–Crippen MR) is 89.3 cm³/mol. The highest BCUT2D eigenvalue weighted by Crippen LogP contribution is 2.52. The second-order valence-corrected chi connectivity index (χ2v) is 8.23. The average molecular weight is 347 g/mol. The van der Waals surface area contributed by atoms with Gasteiger partial charge in [-0.25, -0.2) is 0 Å². The maximum absolute atomic E-state index is 13.0. The Kier molecular flexibility index (Phi) is 3.77. The third-order valence-corrected chi connectivity index (χ3v) is 5.80. The van der Waals surface area contributed by atoms with Crippen LogP contribution in [0.3, 0.4) is 0 Å². The Morgan fingerprint density at radius 1 is 1.54 bits per heavy atom. The number of nitrogens with zero attached hydrogens (tertiary/aromatic N) is 1. The van der Waals surface area contributed by atoms with Gasteiger partial charge in [-0.2, -0.15) is 0 Å². The van der Waals surface area contributed by atoms with Crippen LogP contribution in [-0.2, 0) is 25.6 Å². The predicted octanol–water partition coefficient (Wildman–Crippen LogP) is 2.23. The third kappa shape index (κ3) is 2.40. The molecule has 0 saturated carbocycles. The number of esters is 1. The summed E-state index contributed by atoms with van der Waals surface area (Å²) >= 11 is 1.63. The van der Waals surface area contributed by atoms with Crippen molar-refractivity contribution >= 4 is 23.2 Å². The minimum absolute atomic E-state index is 0.00162. The van der Waals surface area contributed by atoms with E-state index in [1.54, 1.807) is 11.3 Å². The van der Waals surface area contributed by atoms with Crippen LogP contribution in [0.5, 0.6) is 0 Å². The Labute approximate surface area is 145 Å². The van der Waals surface area contributed by atoms with Gasteiger partial charge in [0.15, 0.2) is 0 Å². The molecule has 3 aliphatic heterocycles. The van der Waals surface area contributed by atoms with Crippen molar-refractivity contribution in [2.24, 2.45) is 17.8 Å². The van der Waals surface area contributed by atoms with Gasteiger partial charge in [-0.3, -0.25) is 9.59 Å². The van der Waals surface area contributed by atoms with Gasteiger partial charge in [0.05, 0.1) is 31.7 Å². The molecule has 0 aromatic carbocycles. The Hall–Kier alpha value is -1.66. The Bertz CT molecular complexity index is 683. The summed E-state index contributed by atoms with van der Waals surface area (Å²) < 4.78 is 11.5. The van der Waals surface area contributed by atoms with Crippen molar-refractivity contribution in [2.75, 3.05) is 13.2 Å². The molecule has 1 aromatic rings. The van der Waals surface area contributed by atoms with E-state index in [0.717, 1.165) is 4.88 Å². The minimum Gasteiger partial charge on any atom is -0.465 e. The average Bonchev–Trinajstić information content (AvgIpc) is 3.28. The van der Waals surface area contributed by atoms with Gasteiger partial charge in [-0.1, -0.05) is 32.1 Å². The van der Waals surface area contributed by atoms with Crippen LogP contribution in [0.15, 0.2) is 29.7 Å². The molecule has 0 unspecified atom stereocenters. The fourth-order valence-corrected chi connectivity index (χ4v) is 4.64. The molecule has 4 atom stereocenters. The number of carbonyl (C=O) groups excluding carboxylic acids is 2. The monoisotopic (exact) mass is 347 g/mol. The van der Waals surface area contributed by atoms with E-state index in [1.165, 1.54) is 0 Å². The van der Waals surface area contributed by atoms with Gasteiger partial charge in [-0.15, -0.1) is 11.3 Å². The lowest BCUT2D eigenvalue weighted by atomic mass is 9.77. The van der Waals surface area contributed by atoms with Crippen molar-refractivity contribution < 1.29 is 19.1 Å². The molecule has 4 heterocycles. The first kappa shape index (κ1) is 15.8. The lowest BCUT2D eigenvalue weighted by molar-refractivity contribution is -0.154. The maximum atomic E-state index is 13.0. The highest BCUT2D eigenvalue weighted by Gasteiger charge is 2.67. The molecule has 2 fully saturated rings. The molecular formula is C18H21NO4S. The summed E-state index contributed by atoms with van der Waals surface area (Å²) in [7, 11) is 0. The Morgan fingerprint density at radius 2 is 2.38 bits per heavy atom. The number of likely N-dealkylation sites (tertiary alicyclic amines) is 1. The van der Waals surface area contributed by atoms with Crippen LogP contribution in [0.1, 0.15) is 18.7 Å². The van der Waals surface area contributed by atoms with E-state index in [9.17, 15) is 9.59 Å². The van der Waals surface area contributed by atoms with Gasteiger partial charge >= 0.3 is 5.97 Å². The van der Waals surface area contributed by atoms with Crippen molar-refractivity contribution in [3.63, 3.8) is 0 Å². The molecule has 0 N–H and O–H groups in total. The fourth-order valence-electron chi connectivity index (χ4n) is 3.92. The van der Waals surface area contributed by atoms with Crippen molar-refractivity contribution in [3.05, 3.63) is 34.5 Å². The van der Waals surface area contributed by atoms with E-state index < -0.39 is 17.4 Å². The molecule has 0 radical (unpaired) electrons. The van der Waals surface area contributed by atoms with Crippen molar-refractivity contribution in [3.8, 4) is 0 Å². The van der Waals surface area contributed by atoms with Gasteiger partial charge < -0.3 is 14.4 Å². The van der Waals surface area contributed by atoms with Crippen LogP contribution in [0, 0.1) is 17.8 Å². The molecule has 24 heavy (non-hydrogen) atoms. The van der Waals surface area contributed by atoms with Crippen LogP contribution in [0.2, 0.25) is 0 Å². The standard InChI is InChI=1S/C18H21NO4S/c1-11(2)9-22-17(21)14-13-5-6-18(23-13)10-19(16(20)15(14)18)8-12-4-3-7-24-12/h3-7,11,13-15H,8-10H2,1-2H3/t13-,14+,15+,18+/m1/s1. The maximum Gasteiger partial charge on any atom is 0.312 e. The second kappa shape index (κ2) is 5.70. The fraction of sp³-hybridized carbons (Fsp3) is 0.556.